The van der Waals surface area contributed by atoms with Crippen LogP contribution in [-0.4, -0.2) is 48.9 Å². The number of hydrogen-bond acceptors (Lipinski definition) is 5. The Balaban J connectivity index is 1.57. The van der Waals surface area contributed by atoms with Gasteiger partial charge in [0.1, 0.15) is 0 Å². The minimum absolute atomic E-state index is 0.0537. The average molecular weight is 457 g/mol. The molecule has 0 saturated carbocycles. The predicted molar refractivity (Wildman–Crippen MR) is 118 cm³/mol. The van der Waals surface area contributed by atoms with Gasteiger partial charge in [-0.15, -0.1) is 0 Å². The van der Waals surface area contributed by atoms with Gasteiger partial charge in [-0.05, 0) is 30.7 Å². The van der Waals surface area contributed by atoms with Crippen LogP contribution in [-0.2, 0) is 22.5 Å². The molecule has 1 saturated heterocycles. The second kappa shape index (κ2) is 9.58. The molecular weight excluding hydrogens is 432 g/mol. The summed E-state index contributed by atoms with van der Waals surface area (Å²) >= 11 is 0. The van der Waals surface area contributed by atoms with Crippen LogP contribution in [0, 0.1) is 17.6 Å². The van der Waals surface area contributed by atoms with E-state index in [1.807, 2.05) is 12.1 Å². The van der Waals surface area contributed by atoms with E-state index in [2.05, 4.69) is 11.9 Å². The Labute approximate surface area is 190 Å². The second-order valence-electron chi connectivity index (χ2n) is 7.86. The fourth-order valence-corrected chi connectivity index (χ4v) is 4.08. The van der Waals surface area contributed by atoms with Crippen molar-refractivity contribution in [2.75, 3.05) is 27.4 Å². The van der Waals surface area contributed by atoms with Crippen LogP contribution in [0.5, 0.6) is 11.5 Å². The van der Waals surface area contributed by atoms with Crippen molar-refractivity contribution in [1.82, 2.24) is 14.9 Å². The first-order chi connectivity index (χ1) is 15.9. The minimum atomic E-state index is -0.768. The lowest BCUT2D eigenvalue weighted by atomic mass is 9.97. The maximum absolute atomic E-state index is 14.8. The van der Waals surface area contributed by atoms with Crippen LogP contribution in [0.25, 0.3) is 11.0 Å². The monoisotopic (exact) mass is 457 g/mol. The summed E-state index contributed by atoms with van der Waals surface area (Å²) in [6, 6.07) is 6.63. The van der Waals surface area contributed by atoms with Crippen LogP contribution < -0.4 is 14.8 Å². The first kappa shape index (κ1) is 22.7. The lowest BCUT2D eigenvalue weighted by Gasteiger charge is -2.18. The number of benzene rings is 1. The Morgan fingerprint density at radius 2 is 1.97 bits per heavy atom. The molecule has 1 aliphatic heterocycles. The number of methoxy groups -OCH3 is 2. The summed E-state index contributed by atoms with van der Waals surface area (Å²) in [7, 11) is 2.64. The number of rotatable bonds is 8. The molecule has 2 aromatic heterocycles. The Morgan fingerprint density at radius 3 is 2.64 bits per heavy atom. The fourth-order valence-electron chi connectivity index (χ4n) is 4.08. The molecule has 7 nitrogen and oxygen atoms in total. The van der Waals surface area contributed by atoms with Crippen molar-refractivity contribution in [3.63, 3.8) is 0 Å². The summed E-state index contributed by atoms with van der Waals surface area (Å²) in [5, 5.41) is 2.89. The maximum Gasteiger partial charge on any atom is 0.243 e. The van der Waals surface area contributed by atoms with E-state index in [9.17, 15) is 13.6 Å². The number of fused-ring (bicyclic) bond motifs is 1. The standard InChI is InChI=1S/C24H25F2N3O4/c1-4-22(30)28-18-13-33-12-14(18)9-15-5-6-19-17(27-15)7-8-29(19)11-16-23(25)20(31-2)10-21(32-3)24(16)26/h4-8,10,14,18H,1,9,11-13H2,2-3H3,(H,28,30). The number of nitrogens with one attached hydrogen (secondary N) is 1. The highest BCUT2D eigenvalue weighted by atomic mass is 19.1. The number of nitrogens with zero attached hydrogens (tertiary/aromatic N) is 2. The van der Waals surface area contributed by atoms with Crippen LogP contribution in [0.2, 0.25) is 0 Å². The minimum Gasteiger partial charge on any atom is -0.494 e. The molecule has 3 heterocycles. The first-order valence-electron chi connectivity index (χ1n) is 10.5. The molecule has 0 aliphatic carbocycles. The van der Waals surface area contributed by atoms with E-state index in [-0.39, 0.29) is 41.5 Å². The highest BCUT2D eigenvalue weighted by Crippen LogP contribution is 2.32. The molecule has 1 aliphatic rings. The number of carbonyl (C=O) groups excluding carboxylic acids is 1. The summed E-state index contributed by atoms with van der Waals surface area (Å²) in [5.41, 5.74) is 2.12. The van der Waals surface area contributed by atoms with E-state index in [1.54, 1.807) is 16.8 Å². The quantitative estimate of drug-likeness (QED) is 0.526. The van der Waals surface area contributed by atoms with Crippen molar-refractivity contribution < 1.29 is 27.8 Å². The Morgan fingerprint density at radius 1 is 1.24 bits per heavy atom. The number of pyridine rings is 1. The number of halogens is 2. The fraction of sp³-hybridized carbons (Fsp3) is 0.333. The molecule has 33 heavy (non-hydrogen) atoms. The molecule has 0 spiro atoms. The zero-order chi connectivity index (χ0) is 23.5. The van der Waals surface area contributed by atoms with Crippen molar-refractivity contribution in [3.05, 3.63) is 66.0 Å². The molecule has 1 fully saturated rings. The van der Waals surface area contributed by atoms with E-state index in [0.717, 1.165) is 11.2 Å². The molecule has 174 valence electrons. The van der Waals surface area contributed by atoms with Gasteiger partial charge in [-0.3, -0.25) is 9.78 Å². The van der Waals surface area contributed by atoms with Crippen molar-refractivity contribution in [3.8, 4) is 11.5 Å². The van der Waals surface area contributed by atoms with E-state index in [1.165, 1.54) is 26.4 Å². The lowest BCUT2D eigenvalue weighted by molar-refractivity contribution is -0.117. The van der Waals surface area contributed by atoms with Crippen molar-refractivity contribution in [1.29, 1.82) is 0 Å². The lowest BCUT2D eigenvalue weighted by Crippen LogP contribution is -2.39. The SMILES string of the molecule is C=CC(=O)NC1COCC1Cc1ccc2c(ccn2Cc2c(F)c(OC)cc(OC)c2F)n1. The van der Waals surface area contributed by atoms with Gasteiger partial charge < -0.3 is 24.1 Å². The molecule has 1 N–H and O–H groups in total. The smallest absolute Gasteiger partial charge is 0.243 e. The largest absolute Gasteiger partial charge is 0.494 e. The van der Waals surface area contributed by atoms with E-state index in [0.29, 0.717) is 25.2 Å². The highest BCUT2D eigenvalue weighted by Gasteiger charge is 2.29. The average Bonchev–Trinajstić information content (AvgIpc) is 3.43. The van der Waals surface area contributed by atoms with Crippen LogP contribution in [0.4, 0.5) is 8.78 Å². The van der Waals surface area contributed by atoms with Crippen LogP contribution in [0.15, 0.2) is 43.1 Å². The van der Waals surface area contributed by atoms with Gasteiger partial charge in [-0.25, -0.2) is 8.78 Å². The molecule has 0 radical (unpaired) electrons. The number of carbonyl (C=O) groups is 1. The van der Waals surface area contributed by atoms with Gasteiger partial charge in [-0.1, -0.05) is 6.58 Å². The van der Waals surface area contributed by atoms with Gasteiger partial charge in [-0.2, -0.15) is 0 Å². The number of aromatic nitrogens is 2. The first-order valence-corrected chi connectivity index (χ1v) is 10.5. The van der Waals surface area contributed by atoms with Gasteiger partial charge >= 0.3 is 0 Å². The zero-order valence-corrected chi connectivity index (χ0v) is 18.4. The second-order valence-corrected chi connectivity index (χ2v) is 7.86. The summed E-state index contributed by atoms with van der Waals surface area (Å²) < 4.78 is 46.9. The molecule has 1 amide bonds. The van der Waals surface area contributed by atoms with Gasteiger partial charge in [0.05, 0.1) is 56.6 Å². The number of hydrogen-bond donors (Lipinski definition) is 1. The van der Waals surface area contributed by atoms with Crippen LogP contribution >= 0.6 is 0 Å². The van der Waals surface area contributed by atoms with Gasteiger partial charge in [0, 0.05) is 23.9 Å². The van der Waals surface area contributed by atoms with E-state index < -0.39 is 11.6 Å². The van der Waals surface area contributed by atoms with Gasteiger partial charge in [0.2, 0.25) is 5.91 Å². The van der Waals surface area contributed by atoms with Gasteiger partial charge in [0.25, 0.3) is 0 Å². The molecule has 0 bridgehead atoms. The van der Waals surface area contributed by atoms with E-state index in [4.69, 9.17) is 19.2 Å². The van der Waals surface area contributed by atoms with Crippen molar-refractivity contribution in [2.45, 2.75) is 19.0 Å². The molecular formula is C24H25F2N3O4. The summed E-state index contributed by atoms with van der Waals surface area (Å²) in [5.74, 6) is -1.85. The summed E-state index contributed by atoms with van der Waals surface area (Å²) in [6.07, 6.45) is 3.60. The normalized spacial score (nSPS) is 17.8. The predicted octanol–water partition coefficient (Wildman–Crippen LogP) is 3.24. The molecule has 9 heteroatoms. The molecule has 3 aromatic rings. The highest BCUT2D eigenvalue weighted by molar-refractivity contribution is 5.87. The molecule has 2 atom stereocenters. The topological polar surface area (TPSA) is 74.6 Å². The van der Waals surface area contributed by atoms with E-state index >= 15 is 0 Å². The number of ether oxygens (including phenoxy) is 3. The molecule has 4 rings (SSSR count). The third kappa shape index (κ3) is 4.54. The summed E-state index contributed by atoms with van der Waals surface area (Å²) in [4.78, 5) is 16.4. The maximum atomic E-state index is 14.8. The summed E-state index contributed by atoms with van der Waals surface area (Å²) in [6.45, 7) is 4.40. The Kier molecular flexibility index (Phi) is 6.60. The van der Waals surface area contributed by atoms with Crippen molar-refractivity contribution >= 4 is 16.9 Å². The zero-order valence-electron chi connectivity index (χ0n) is 18.4. The third-order valence-electron chi connectivity index (χ3n) is 5.86. The third-order valence-corrected chi connectivity index (χ3v) is 5.86. The molecule has 1 aromatic carbocycles. The van der Waals surface area contributed by atoms with Crippen LogP contribution in [0.1, 0.15) is 11.3 Å². The van der Waals surface area contributed by atoms with Crippen LogP contribution in [0.3, 0.4) is 0 Å². The Hall–Kier alpha value is -3.46. The Bertz CT molecular complexity index is 1170. The molecule has 2 unspecified atom stereocenters. The van der Waals surface area contributed by atoms with Gasteiger partial charge in [0.15, 0.2) is 23.1 Å². The van der Waals surface area contributed by atoms with Crippen molar-refractivity contribution in [2.24, 2.45) is 5.92 Å². The number of amides is 1.